The molecule has 0 bridgehead atoms. The van der Waals surface area contributed by atoms with Crippen molar-refractivity contribution in [3.8, 4) is 5.75 Å². The van der Waals surface area contributed by atoms with Crippen LogP contribution in [0.3, 0.4) is 0 Å². The first-order valence-electron chi connectivity index (χ1n) is 9.43. The molecule has 0 fully saturated rings. The SMILES string of the molecule is CS(=O)(=O)N1CNc2ccc(Cn3ccc(OCc4ccc(F)cc4F)c(Cl)c3=O)cc21. The van der Waals surface area contributed by atoms with E-state index in [9.17, 15) is 22.0 Å². The fourth-order valence-electron chi connectivity index (χ4n) is 3.33. The molecule has 2 heterocycles. The molecule has 0 spiro atoms. The Hall–Kier alpha value is -3.11. The molecule has 3 aromatic rings. The van der Waals surface area contributed by atoms with E-state index < -0.39 is 27.2 Å². The lowest BCUT2D eigenvalue weighted by Gasteiger charge is -2.16. The van der Waals surface area contributed by atoms with Crippen LogP contribution in [0.5, 0.6) is 5.75 Å². The molecule has 168 valence electrons. The molecule has 2 aromatic carbocycles. The van der Waals surface area contributed by atoms with E-state index in [0.29, 0.717) is 16.9 Å². The van der Waals surface area contributed by atoms with Crippen LogP contribution in [0.2, 0.25) is 5.02 Å². The van der Waals surface area contributed by atoms with Gasteiger partial charge in [0.25, 0.3) is 5.56 Å². The molecule has 0 amide bonds. The summed E-state index contributed by atoms with van der Waals surface area (Å²) in [7, 11) is -3.44. The van der Waals surface area contributed by atoms with E-state index >= 15 is 0 Å². The zero-order valence-corrected chi connectivity index (χ0v) is 18.4. The van der Waals surface area contributed by atoms with Gasteiger partial charge in [-0.25, -0.2) is 21.5 Å². The van der Waals surface area contributed by atoms with E-state index in [1.165, 1.54) is 27.2 Å². The minimum absolute atomic E-state index is 0.0676. The van der Waals surface area contributed by atoms with E-state index in [1.54, 1.807) is 18.2 Å². The first kappa shape index (κ1) is 22.1. The molecule has 11 heteroatoms. The number of ether oxygens (including phenoxy) is 1. The van der Waals surface area contributed by atoms with Gasteiger partial charge >= 0.3 is 0 Å². The maximum Gasteiger partial charge on any atom is 0.273 e. The van der Waals surface area contributed by atoms with Crippen molar-refractivity contribution in [3.05, 3.63) is 86.8 Å². The summed E-state index contributed by atoms with van der Waals surface area (Å²) in [6.07, 6.45) is 2.60. The standard InChI is InChI=1S/C21H18ClF2N3O4S/c1-32(29,30)27-12-25-17-5-2-13(8-18(17)27)10-26-7-6-19(20(22)21(26)28)31-11-14-3-4-15(23)9-16(14)24/h2-9,25H,10-12H2,1H3. The second kappa shape index (κ2) is 8.44. The maximum absolute atomic E-state index is 13.8. The molecule has 0 radical (unpaired) electrons. The summed E-state index contributed by atoms with van der Waals surface area (Å²) >= 11 is 6.16. The first-order valence-corrected chi connectivity index (χ1v) is 11.7. The van der Waals surface area contributed by atoms with Crippen molar-refractivity contribution in [2.75, 3.05) is 22.5 Å². The predicted octanol–water partition coefficient (Wildman–Crippen LogP) is 3.56. The smallest absolute Gasteiger partial charge is 0.273 e. The highest BCUT2D eigenvalue weighted by molar-refractivity contribution is 7.92. The number of aromatic nitrogens is 1. The largest absolute Gasteiger partial charge is 0.487 e. The topological polar surface area (TPSA) is 80.6 Å². The Balaban J connectivity index is 1.54. The molecule has 0 unspecified atom stereocenters. The summed E-state index contributed by atoms with van der Waals surface area (Å²) in [6, 6.07) is 9.80. The lowest BCUT2D eigenvalue weighted by atomic mass is 10.1. The summed E-state index contributed by atoms with van der Waals surface area (Å²) in [6.45, 7) is 0.0643. The summed E-state index contributed by atoms with van der Waals surface area (Å²) in [5.74, 6) is -1.39. The van der Waals surface area contributed by atoms with Crippen molar-refractivity contribution >= 4 is 33.0 Å². The number of sulfonamides is 1. The molecule has 1 N–H and O–H groups in total. The molecule has 0 saturated carbocycles. The van der Waals surface area contributed by atoms with Gasteiger partial charge in [0.15, 0.2) is 0 Å². The van der Waals surface area contributed by atoms with E-state index in [2.05, 4.69) is 5.32 Å². The van der Waals surface area contributed by atoms with Crippen LogP contribution in [-0.4, -0.2) is 25.9 Å². The number of nitrogens with zero attached hydrogens (tertiary/aromatic N) is 2. The van der Waals surface area contributed by atoms with E-state index in [1.807, 2.05) is 0 Å². The number of benzene rings is 2. The third-order valence-corrected chi connectivity index (χ3v) is 6.44. The van der Waals surface area contributed by atoms with Crippen LogP contribution in [0.15, 0.2) is 53.5 Å². The number of hydrogen-bond acceptors (Lipinski definition) is 5. The fraction of sp³-hybridized carbons (Fsp3) is 0.190. The Kier molecular flexibility index (Phi) is 5.83. The third kappa shape index (κ3) is 4.42. The minimum Gasteiger partial charge on any atom is -0.487 e. The molecule has 1 aromatic heterocycles. The highest BCUT2D eigenvalue weighted by Gasteiger charge is 2.26. The number of anilines is 2. The Morgan fingerprint density at radius 1 is 1.16 bits per heavy atom. The van der Waals surface area contributed by atoms with E-state index in [0.717, 1.165) is 18.4 Å². The van der Waals surface area contributed by atoms with Crippen molar-refractivity contribution < 1.29 is 21.9 Å². The van der Waals surface area contributed by atoms with Gasteiger partial charge < -0.3 is 14.6 Å². The summed E-state index contributed by atoms with van der Waals surface area (Å²) in [5.41, 5.74) is 1.48. The number of hydrogen-bond donors (Lipinski definition) is 1. The Morgan fingerprint density at radius 2 is 1.94 bits per heavy atom. The second-order valence-electron chi connectivity index (χ2n) is 7.25. The van der Waals surface area contributed by atoms with Crippen LogP contribution in [0.4, 0.5) is 20.2 Å². The number of fused-ring (bicyclic) bond motifs is 1. The molecule has 7 nitrogen and oxygen atoms in total. The molecule has 1 aliphatic rings. The number of rotatable bonds is 6. The summed E-state index contributed by atoms with van der Waals surface area (Å²) in [5, 5.41) is 2.82. The van der Waals surface area contributed by atoms with Crippen molar-refractivity contribution in [1.29, 1.82) is 0 Å². The van der Waals surface area contributed by atoms with Gasteiger partial charge in [0, 0.05) is 17.8 Å². The Labute approximate surface area is 187 Å². The van der Waals surface area contributed by atoms with Gasteiger partial charge in [0.1, 0.15) is 35.7 Å². The van der Waals surface area contributed by atoms with Gasteiger partial charge in [0.2, 0.25) is 10.0 Å². The monoisotopic (exact) mass is 481 g/mol. The highest BCUT2D eigenvalue weighted by Crippen LogP contribution is 2.34. The molecule has 0 saturated heterocycles. The summed E-state index contributed by atoms with van der Waals surface area (Å²) in [4.78, 5) is 12.7. The predicted molar refractivity (Wildman–Crippen MR) is 118 cm³/mol. The average Bonchev–Trinajstić information content (AvgIpc) is 3.16. The van der Waals surface area contributed by atoms with Gasteiger partial charge in [-0.1, -0.05) is 17.7 Å². The van der Waals surface area contributed by atoms with Gasteiger partial charge in [-0.3, -0.25) is 4.79 Å². The first-order chi connectivity index (χ1) is 15.1. The number of halogens is 3. The van der Waals surface area contributed by atoms with Crippen molar-refractivity contribution in [2.45, 2.75) is 13.2 Å². The van der Waals surface area contributed by atoms with Gasteiger partial charge in [-0.2, -0.15) is 0 Å². The van der Waals surface area contributed by atoms with Crippen molar-refractivity contribution in [2.24, 2.45) is 0 Å². The minimum atomic E-state index is -3.44. The van der Waals surface area contributed by atoms with Crippen LogP contribution in [0, 0.1) is 11.6 Å². The highest BCUT2D eigenvalue weighted by atomic mass is 35.5. The second-order valence-corrected chi connectivity index (χ2v) is 9.53. The van der Waals surface area contributed by atoms with E-state index in [-0.39, 0.29) is 36.2 Å². The molecule has 32 heavy (non-hydrogen) atoms. The molecular formula is C21H18ClF2N3O4S. The van der Waals surface area contributed by atoms with Crippen LogP contribution < -0.4 is 19.9 Å². The van der Waals surface area contributed by atoms with E-state index in [4.69, 9.17) is 16.3 Å². The number of nitrogens with one attached hydrogen (secondary N) is 1. The lowest BCUT2D eigenvalue weighted by molar-refractivity contribution is 0.298. The summed E-state index contributed by atoms with van der Waals surface area (Å²) < 4.78 is 58.8. The van der Waals surface area contributed by atoms with Gasteiger partial charge in [0.05, 0.1) is 24.2 Å². The van der Waals surface area contributed by atoms with Crippen LogP contribution in [0.1, 0.15) is 11.1 Å². The van der Waals surface area contributed by atoms with Gasteiger partial charge in [-0.05, 0) is 35.9 Å². The maximum atomic E-state index is 13.8. The molecular weight excluding hydrogens is 464 g/mol. The normalized spacial score (nSPS) is 13.1. The number of pyridine rings is 1. The Bertz CT molecular complexity index is 1360. The third-order valence-electron chi connectivity index (χ3n) is 4.97. The van der Waals surface area contributed by atoms with Crippen LogP contribution >= 0.6 is 11.6 Å². The molecule has 0 atom stereocenters. The quantitative estimate of drug-likeness (QED) is 0.582. The Morgan fingerprint density at radius 3 is 2.66 bits per heavy atom. The van der Waals surface area contributed by atoms with Crippen molar-refractivity contribution in [3.63, 3.8) is 0 Å². The van der Waals surface area contributed by atoms with Crippen LogP contribution in [0.25, 0.3) is 0 Å². The fourth-order valence-corrected chi connectivity index (χ4v) is 4.36. The molecule has 4 rings (SSSR count). The zero-order valence-electron chi connectivity index (χ0n) is 16.8. The van der Waals surface area contributed by atoms with Crippen LogP contribution in [-0.2, 0) is 23.2 Å². The average molecular weight is 482 g/mol. The zero-order chi connectivity index (χ0) is 23.0. The molecule has 0 aliphatic carbocycles. The lowest BCUT2D eigenvalue weighted by Crippen LogP contribution is -2.29. The van der Waals surface area contributed by atoms with Crippen molar-refractivity contribution in [1.82, 2.24) is 4.57 Å². The van der Waals surface area contributed by atoms with Gasteiger partial charge in [-0.15, -0.1) is 0 Å². The molecule has 1 aliphatic heterocycles.